The average Bonchev–Trinajstić information content (AvgIpc) is 2.88. The number of hydrogen-bond donors (Lipinski definition) is 0. The minimum Gasteiger partial charge on any atom is -0.345 e. The van der Waals surface area contributed by atoms with Crippen molar-refractivity contribution in [2.24, 2.45) is 5.92 Å². The van der Waals surface area contributed by atoms with E-state index in [1.807, 2.05) is 11.0 Å². The van der Waals surface area contributed by atoms with Crippen LogP contribution in [-0.2, 0) is 4.79 Å². The van der Waals surface area contributed by atoms with Gasteiger partial charge in [0.15, 0.2) is 5.13 Å². The highest BCUT2D eigenvalue weighted by Crippen LogP contribution is 2.32. The number of carbonyl (C=O) groups is 1. The zero-order valence-corrected chi connectivity index (χ0v) is 14.7. The molecule has 0 radical (unpaired) electrons. The first-order valence-corrected chi connectivity index (χ1v) is 9.41. The molecular weight excluding hydrogens is 362 g/mol. The Kier molecular flexibility index (Phi) is 3.82. The molecule has 1 aromatic carbocycles. The van der Waals surface area contributed by atoms with Gasteiger partial charge in [0.1, 0.15) is 0 Å². The van der Waals surface area contributed by atoms with Crippen molar-refractivity contribution in [2.45, 2.75) is 19.3 Å². The summed E-state index contributed by atoms with van der Waals surface area (Å²) in [4.78, 5) is 21.4. The van der Waals surface area contributed by atoms with E-state index in [0.717, 1.165) is 54.1 Å². The van der Waals surface area contributed by atoms with Crippen LogP contribution in [0, 0.1) is 5.92 Å². The molecule has 6 heteroatoms. The summed E-state index contributed by atoms with van der Waals surface area (Å²) in [6, 6.07) is 6.20. The highest BCUT2D eigenvalue weighted by molar-refractivity contribution is 9.10. The van der Waals surface area contributed by atoms with E-state index in [1.54, 1.807) is 11.3 Å². The van der Waals surface area contributed by atoms with Gasteiger partial charge in [-0.3, -0.25) is 4.79 Å². The van der Waals surface area contributed by atoms with E-state index >= 15 is 0 Å². The van der Waals surface area contributed by atoms with Crippen molar-refractivity contribution in [3.05, 3.63) is 22.7 Å². The monoisotopic (exact) mass is 379 g/mol. The summed E-state index contributed by atoms with van der Waals surface area (Å²) in [5, 5.41) is 1.07. The van der Waals surface area contributed by atoms with Crippen LogP contribution in [0.3, 0.4) is 0 Å². The SMILES string of the molecule is O=C(C1CCC1)N1CCN(c2nc3ccc(Br)cc3s2)CC1. The molecule has 1 aliphatic carbocycles. The standard InChI is InChI=1S/C16H18BrN3OS/c17-12-4-5-13-14(10-12)22-16(18-13)20-8-6-19(7-9-20)15(21)11-2-1-3-11/h4-5,10-11H,1-3,6-9H2. The largest absolute Gasteiger partial charge is 0.345 e. The van der Waals surface area contributed by atoms with Crippen LogP contribution in [0.25, 0.3) is 10.2 Å². The molecule has 0 unspecified atom stereocenters. The van der Waals surface area contributed by atoms with Gasteiger partial charge in [-0.05, 0) is 31.0 Å². The van der Waals surface area contributed by atoms with Crippen LogP contribution in [-0.4, -0.2) is 42.0 Å². The molecule has 2 fully saturated rings. The van der Waals surface area contributed by atoms with Gasteiger partial charge >= 0.3 is 0 Å². The first kappa shape index (κ1) is 14.5. The Hall–Kier alpha value is -1.14. The number of halogens is 1. The number of fused-ring (bicyclic) bond motifs is 1. The van der Waals surface area contributed by atoms with Gasteiger partial charge in [-0.25, -0.2) is 4.98 Å². The van der Waals surface area contributed by atoms with Crippen LogP contribution in [0.4, 0.5) is 5.13 Å². The molecular formula is C16H18BrN3OS. The van der Waals surface area contributed by atoms with Crippen molar-refractivity contribution in [1.82, 2.24) is 9.88 Å². The predicted molar refractivity (Wildman–Crippen MR) is 93.5 cm³/mol. The molecule has 116 valence electrons. The summed E-state index contributed by atoms with van der Waals surface area (Å²) in [7, 11) is 0. The minimum atomic E-state index is 0.311. The van der Waals surface area contributed by atoms with Crippen LogP contribution >= 0.6 is 27.3 Å². The number of amides is 1. The topological polar surface area (TPSA) is 36.4 Å². The van der Waals surface area contributed by atoms with E-state index < -0.39 is 0 Å². The number of rotatable bonds is 2. The van der Waals surface area contributed by atoms with Crippen LogP contribution in [0.15, 0.2) is 22.7 Å². The molecule has 4 nitrogen and oxygen atoms in total. The zero-order valence-electron chi connectivity index (χ0n) is 12.3. The Balaban J connectivity index is 1.44. The Morgan fingerprint density at radius 3 is 2.68 bits per heavy atom. The molecule has 4 rings (SSSR count). The Labute approximate surface area is 142 Å². The summed E-state index contributed by atoms with van der Waals surface area (Å²) in [6.07, 6.45) is 3.40. The molecule has 0 N–H and O–H groups in total. The maximum absolute atomic E-state index is 12.3. The fourth-order valence-corrected chi connectivity index (χ4v) is 4.62. The summed E-state index contributed by atoms with van der Waals surface area (Å²) >= 11 is 5.24. The number of anilines is 1. The summed E-state index contributed by atoms with van der Waals surface area (Å²) in [5.74, 6) is 0.686. The highest BCUT2D eigenvalue weighted by Gasteiger charge is 2.31. The fourth-order valence-electron chi connectivity index (χ4n) is 3.05. The van der Waals surface area contributed by atoms with E-state index in [-0.39, 0.29) is 0 Å². The molecule has 22 heavy (non-hydrogen) atoms. The van der Waals surface area contributed by atoms with Gasteiger partial charge in [0.2, 0.25) is 5.91 Å². The summed E-state index contributed by atoms with van der Waals surface area (Å²) < 4.78 is 2.29. The quantitative estimate of drug-likeness (QED) is 0.800. The van der Waals surface area contributed by atoms with Crippen molar-refractivity contribution in [3.63, 3.8) is 0 Å². The third-order valence-corrected chi connectivity index (χ3v) is 6.23. The molecule has 2 aromatic rings. The molecule has 2 heterocycles. The molecule has 1 saturated carbocycles. The molecule has 0 bridgehead atoms. The first-order chi connectivity index (χ1) is 10.7. The van der Waals surface area contributed by atoms with Crippen molar-refractivity contribution in [2.75, 3.05) is 31.1 Å². The number of benzene rings is 1. The third-order valence-electron chi connectivity index (χ3n) is 4.66. The van der Waals surface area contributed by atoms with Gasteiger partial charge in [0.25, 0.3) is 0 Å². The van der Waals surface area contributed by atoms with Gasteiger partial charge in [-0.1, -0.05) is 33.7 Å². The van der Waals surface area contributed by atoms with E-state index in [4.69, 9.17) is 4.98 Å². The number of hydrogen-bond acceptors (Lipinski definition) is 4. The maximum Gasteiger partial charge on any atom is 0.225 e. The maximum atomic E-state index is 12.3. The van der Waals surface area contributed by atoms with E-state index in [1.165, 1.54) is 11.1 Å². The van der Waals surface area contributed by atoms with Crippen molar-refractivity contribution in [1.29, 1.82) is 0 Å². The highest BCUT2D eigenvalue weighted by atomic mass is 79.9. The smallest absolute Gasteiger partial charge is 0.225 e. The number of carbonyl (C=O) groups excluding carboxylic acids is 1. The Bertz CT molecular complexity index is 704. The fraction of sp³-hybridized carbons (Fsp3) is 0.500. The van der Waals surface area contributed by atoms with Crippen LogP contribution in [0.1, 0.15) is 19.3 Å². The predicted octanol–water partition coefficient (Wildman–Crippen LogP) is 3.51. The molecule has 1 saturated heterocycles. The molecule has 0 atom stereocenters. The number of thiazole rings is 1. The Morgan fingerprint density at radius 1 is 1.23 bits per heavy atom. The van der Waals surface area contributed by atoms with Gasteiger partial charge in [0, 0.05) is 36.6 Å². The summed E-state index contributed by atoms with van der Waals surface area (Å²) in [6.45, 7) is 3.43. The molecule has 1 aromatic heterocycles. The first-order valence-electron chi connectivity index (χ1n) is 7.80. The zero-order chi connectivity index (χ0) is 15.1. The van der Waals surface area contributed by atoms with Crippen LogP contribution < -0.4 is 4.90 Å². The van der Waals surface area contributed by atoms with Gasteiger partial charge in [0.05, 0.1) is 10.2 Å². The lowest BCUT2D eigenvalue weighted by atomic mass is 9.84. The van der Waals surface area contributed by atoms with Gasteiger partial charge in [-0.15, -0.1) is 0 Å². The molecule has 1 amide bonds. The van der Waals surface area contributed by atoms with E-state index in [2.05, 4.69) is 33.0 Å². The average molecular weight is 380 g/mol. The lowest BCUT2D eigenvalue weighted by Crippen LogP contribution is -2.51. The third kappa shape index (κ3) is 2.63. The number of piperazine rings is 1. The second kappa shape index (κ2) is 5.81. The normalized spacial score (nSPS) is 19.5. The molecule has 1 aliphatic heterocycles. The second-order valence-corrected chi connectivity index (χ2v) is 7.97. The van der Waals surface area contributed by atoms with Crippen molar-refractivity contribution < 1.29 is 4.79 Å². The summed E-state index contributed by atoms with van der Waals surface area (Å²) in [5.41, 5.74) is 1.05. The van der Waals surface area contributed by atoms with Crippen molar-refractivity contribution >= 4 is 48.5 Å². The van der Waals surface area contributed by atoms with Crippen molar-refractivity contribution in [3.8, 4) is 0 Å². The van der Waals surface area contributed by atoms with Crippen LogP contribution in [0.5, 0.6) is 0 Å². The van der Waals surface area contributed by atoms with Gasteiger partial charge in [-0.2, -0.15) is 0 Å². The molecule has 2 aliphatic rings. The van der Waals surface area contributed by atoms with E-state index in [0.29, 0.717) is 11.8 Å². The lowest BCUT2D eigenvalue weighted by molar-refractivity contribution is -0.138. The second-order valence-electron chi connectivity index (χ2n) is 6.05. The van der Waals surface area contributed by atoms with Crippen LogP contribution in [0.2, 0.25) is 0 Å². The number of nitrogens with zero attached hydrogens (tertiary/aromatic N) is 3. The minimum absolute atomic E-state index is 0.311. The Morgan fingerprint density at radius 2 is 2.00 bits per heavy atom. The van der Waals surface area contributed by atoms with E-state index in [9.17, 15) is 4.79 Å². The van der Waals surface area contributed by atoms with Gasteiger partial charge < -0.3 is 9.80 Å². The lowest BCUT2D eigenvalue weighted by Gasteiger charge is -2.38. The number of aromatic nitrogens is 1. The molecule has 0 spiro atoms.